The van der Waals surface area contributed by atoms with Gasteiger partial charge >= 0.3 is 0 Å². The number of nitrogens with one attached hydrogen (secondary N) is 2. The van der Waals surface area contributed by atoms with Crippen molar-refractivity contribution in [3.05, 3.63) is 65.2 Å². The van der Waals surface area contributed by atoms with Crippen molar-refractivity contribution in [1.82, 2.24) is 10.6 Å². The fourth-order valence-electron chi connectivity index (χ4n) is 2.76. The lowest BCUT2D eigenvalue weighted by Crippen LogP contribution is -2.37. The van der Waals surface area contributed by atoms with E-state index in [1.54, 1.807) is 7.11 Å². The van der Waals surface area contributed by atoms with Crippen LogP contribution in [-0.4, -0.2) is 39.4 Å². The van der Waals surface area contributed by atoms with Crippen LogP contribution in [0, 0.1) is 0 Å². The largest absolute Gasteiger partial charge is 0.497 e. The van der Waals surface area contributed by atoms with Gasteiger partial charge in [0, 0.05) is 32.9 Å². The van der Waals surface area contributed by atoms with Crippen molar-refractivity contribution in [2.75, 3.05) is 33.5 Å². The summed E-state index contributed by atoms with van der Waals surface area (Å²) in [5.74, 6) is 1.64. The molecule has 2 aromatic carbocycles. The van der Waals surface area contributed by atoms with Crippen molar-refractivity contribution in [3.8, 4) is 5.75 Å². The molecule has 31 heavy (non-hydrogen) atoms. The van der Waals surface area contributed by atoms with E-state index in [0.717, 1.165) is 50.1 Å². The first-order chi connectivity index (χ1) is 14.7. The molecule has 0 aliphatic carbocycles. The van der Waals surface area contributed by atoms with Crippen molar-refractivity contribution in [1.29, 1.82) is 0 Å². The number of halogens is 1. The molecule has 0 spiro atoms. The summed E-state index contributed by atoms with van der Waals surface area (Å²) in [7, 11) is 1.67. The van der Waals surface area contributed by atoms with Gasteiger partial charge in [0.1, 0.15) is 5.75 Å². The van der Waals surface area contributed by atoms with E-state index >= 15 is 0 Å². The van der Waals surface area contributed by atoms with Gasteiger partial charge in [-0.1, -0.05) is 36.4 Å². The minimum absolute atomic E-state index is 0. The fourth-order valence-corrected chi connectivity index (χ4v) is 2.76. The van der Waals surface area contributed by atoms with Crippen LogP contribution in [0.25, 0.3) is 0 Å². The van der Waals surface area contributed by atoms with Gasteiger partial charge in [-0.25, -0.2) is 4.99 Å². The molecule has 0 saturated carbocycles. The maximum absolute atomic E-state index is 5.46. The highest BCUT2D eigenvalue weighted by Gasteiger charge is 2.01. The van der Waals surface area contributed by atoms with E-state index in [1.807, 2.05) is 38.1 Å². The van der Waals surface area contributed by atoms with E-state index in [4.69, 9.17) is 19.2 Å². The van der Waals surface area contributed by atoms with Crippen molar-refractivity contribution < 1.29 is 14.2 Å². The SMILES string of the molecule is CCOCCCNC(=NCc1ccc(OC)cc1)NCc1ccc(COCC)cc1.I. The Kier molecular flexibility index (Phi) is 14.7. The van der Waals surface area contributed by atoms with Gasteiger partial charge in [0.15, 0.2) is 5.96 Å². The molecule has 0 bridgehead atoms. The smallest absolute Gasteiger partial charge is 0.191 e. The van der Waals surface area contributed by atoms with Crippen LogP contribution in [0.1, 0.15) is 37.0 Å². The quantitative estimate of drug-likeness (QED) is 0.169. The van der Waals surface area contributed by atoms with Gasteiger partial charge in [-0.15, -0.1) is 24.0 Å². The molecule has 0 fully saturated rings. The maximum atomic E-state index is 5.46. The van der Waals surface area contributed by atoms with E-state index in [9.17, 15) is 0 Å². The minimum atomic E-state index is 0. The normalized spacial score (nSPS) is 11.0. The van der Waals surface area contributed by atoms with Crippen LogP contribution in [0.4, 0.5) is 0 Å². The van der Waals surface area contributed by atoms with Crippen LogP contribution in [0.15, 0.2) is 53.5 Å². The van der Waals surface area contributed by atoms with Gasteiger partial charge in [0.2, 0.25) is 0 Å². The third-order valence-corrected chi connectivity index (χ3v) is 4.50. The Balaban J connectivity index is 0.00000480. The highest BCUT2D eigenvalue weighted by Crippen LogP contribution is 2.12. The first-order valence-electron chi connectivity index (χ1n) is 10.6. The summed E-state index contributed by atoms with van der Waals surface area (Å²) >= 11 is 0. The van der Waals surface area contributed by atoms with Crippen molar-refractivity contribution in [3.63, 3.8) is 0 Å². The molecule has 0 aliphatic heterocycles. The molecule has 0 atom stereocenters. The molecular formula is C24H36IN3O3. The molecular weight excluding hydrogens is 505 g/mol. The number of guanidine groups is 1. The van der Waals surface area contributed by atoms with Crippen molar-refractivity contribution in [2.45, 2.75) is 40.0 Å². The zero-order valence-corrected chi connectivity index (χ0v) is 21.2. The average molecular weight is 541 g/mol. The Labute approximate surface area is 203 Å². The van der Waals surface area contributed by atoms with E-state index in [2.05, 4.69) is 34.9 Å². The molecule has 2 N–H and O–H groups in total. The number of hydrogen-bond donors (Lipinski definition) is 2. The Morgan fingerprint density at radius 2 is 1.48 bits per heavy atom. The molecule has 0 amide bonds. The maximum Gasteiger partial charge on any atom is 0.191 e. The number of aliphatic imine (C=N–C) groups is 1. The molecule has 0 heterocycles. The van der Waals surface area contributed by atoms with E-state index in [0.29, 0.717) is 19.7 Å². The molecule has 0 unspecified atom stereocenters. The molecule has 7 heteroatoms. The molecule has 2 rings (SSSR count). The van der Waals surface area contributed by atoms with E-state index < -0.39 is 0 Å². The average Bonchev–Trinajstić information content (AvgIpc) is 2.79. The summed E-state index contributed by atoms with van der Waals surface area (Å²) in [6.07, 6.45) is 0.934. The van der Waals surface area contributed by atoms with E-state index in [1.165, 1.54) is 11.1 Å². The standard InChI is InChI=1S/C24H35N3O3.HI/c1-4-29-16-6-15-25-24(27-18-21-11-13-23(28-3)14-12-21)26-17-20-7-9-22(10-8-20)19-30-5-2;/h7-14H,4-6,15-19H2,1-3H3,(H2,25,26,27);1H. The number of ether oxygens (including phenoxy) is 3. The number of rotatable bonds is 13. The van der Waals surface area contributed by atoms with Gasteiger partial charge in [-0.2, -0.15) is 0 Å². The lowest BCUT2D eigenvalue weighted by molar-refractivity contribution is 0.134. The molecule has 0 aliphatic rings. The summed E-state index contributed by atoms with van der Waals surface area (Å²) in [6, 6.07) is 16.4. The van der Waals surface area contributed by atoms with E-state index in [-0.39, 0.29) is 24.0 Å². The van der Waals surface area contributed by atoms with Gasteiger partial charge in [-0.05, 0) is 49.1 Å². The lowest BCUT2D eigenvalue weighted by atomic mass is 10.1. The number of benzene rings is 2. The zero-order chi connectivity index (χ0) is 21.4. The Morgan fingerprint density at radius 3 is 2.13 bits per heavy atom. The Bertz CT molecular complexity index is 737. The summed E-state index contributed by atoms with van der Waals surface area (Å²) < 4.78 is 16.1. The molecule has 0 radical (unpaired) electrons. The first-order valence-corrected chi connectivity index (χ1v) is 10.6. The highest BCUT2D eigenvalue weighted by atomic mass is 127. The summed E-state index contributed by atoms with van der Waals surface area (Å²) in [6.45, 7) is 9.00. The molecule has 2 aromatic rings. The third kappa shape index (κ3) is 11.4. The summed E-state index contributed by atoms with van der Waals surface area (Å²) in [5.41, 5.74) is 3.51. The molecule has 0 saturated heterocycles. The highest BCUT2D eigenvalue weighted by molar-refractivity contribution is 14.0. The number of hydrogen-bond acceptors (Lipinski definition) is 4. The summed E-state index contributed by atoms with van der Waals surface area (Å²) in [5, 5.41) is 6.82. The van der Waals surface area contributed by atoms with Gasteiger partial charge < -0.3 is 24.8 Å². The van der Waals surface area contributed by atoms with Crippen molar-refractivity contribution in [2.24, 2.45) is 4.99 Å². The summed E-state index contributed by atoms with van der Waals surface area (Å²) in [4.78, 5) is 4.73. The van der Waals surface area contributed by atoms with Gasteiger partial charge in [0.05, 0.1) is 20.3 Å². The Morgan fingerprint density at radius 1 is 0.839 bits per heavy atom. The monoisotopic (exact) mass is 541 g/mol. The third-order valence-electron chi connectivity index (χ3n) is 4.50. The predicted octanol–water partition coefficient (Wildman–Crippen LogP) is 4.51. The van der Waals surface area contributed by atoms with Crippen LogP contribution < -0.4 is 15.4 Å². The molecule has 172 valence electrons. The van der Waals surface area contributed by atoms with Crippen LogP contribution in [0.2, 0.25) is 0 Å². The predicted molar refractivity (Wildman–Crippen MR) is 137 cm³/mol. The number of nitrogens with zero attached hydrogens (tertiary/aromatic N) is 1. The van der Waals surface area contributed by atoms with Gasteiger partial charge in [-0.3, -0.25) is 0 Å². The van der Waals surface area contributed by atoms with Crippen molar-refractivity contribution >= 4 is 29.9 Å². The zero-order valence-electron chi connectivity index (χ0n) is 18.9. The molecule has 0 aromatic heterocycles. The van der Waals surface area contributed by atoms with Crippen LogP contribution in [-0.2, 0) is 29.2 Å². The molecule has 6 nitrogen and oxygen atoms in total. The first kappa shape index (κ1) is 27.2. The second kappa shape index (κ2) is 16.8. The Hall–Kier alpha value is -1.84. The minimum Gasteiger partial charge on any atom is -0.497 e. The van der Waals surface area contributed by atoms with Crippen LogP contribution >= 0.6 is 24.0 Å². The second-order valence-electron chi connectivity index (χ2n) is 6.80. The lowest BCUT2D eigenvalue weighted by Gasteiger charge is -2.13. The van der Waals surface area contributed by atoms with Gasteiger partial charge in [0.25, 0.3) is 0 Å². The fraction of sp³-hybridized carbons (Fsp3) is 0.458. The second-order valence-corrected chi connectivity index (χ2v) is 6.80. The number of methoxy groups -OCH3 is 1. The topological polar surface area (TPSA) is 64.1 Å². The van der Waals surface area contributed by atoms with Crippen LogP contribution in [0.5, 0.6) is 5.75 Å². The van der Waals surface area contributed by atoms with Crippen LogP contribution in [0.3, 0.4) is 0 Å².